The summed E-state index contributed by atoms with van der Waals surface area (Å²) in [6.07, 6.45) is 5.29. The molecule has 2 heterocycles. The number of aryl methyl sites for hydroxylation is 1. The molecular weight excluding hydrogens is 516 g/mol. The van der Waals surface area contributed by atoms with Gasteiger partial charge in [-0.1, -0.05) is 40.2 Å². The lowest BCUT2D eigenvalue weighted by Gasteiger charge is -2.38. The Balaban J connectivity index is 1.35. The number of hydrogen-bond acceptors (Lipinski definition) is 5. The highest BCUT2D eigenvalue weighted by Gasteiger charge is 2.39. The van der Waals surface area contributed by atoms with E-state index in [-0.39, 0.29) is 29.6 Å². The van der Waals surface area contributed by atoms with Gasteiger partial charge in [-0.3, -0.25) is 4.72 Å². The first kappa shape index (κ1) is 21.6. The molecule has 1 aliphatic carbocycles. The van der Waals surface area contributed by atoms with Gasteiger partial charge in [0.15, 0.2) is 11.5 Å². The third-order valence-electron chi connectivity index (χ3n) is 6.74. The van der Waals surface area contributed by atoms with Gasteiger partial charge in [0.25, 0.3) is 10.0 Å². The summed E-state index contributed by atoms with van der Waals surface area (Å²) in [5, 5.41) is 3.67. The predicted octanol–water partition coefficient (Wildman–Crippen LogP) is 6.11. The van der Waals surface area contributed by atoms with Crippen molar-refractivity contribution in [3.8, 4) is 11.5 Å². The maximum Gasteiger partial charge on any atom is 0.261 e. The first-order valence-electron chi connectivity index (χ1n) is 11.1. The molecule has 2 N–H and O–H groups in total. The number of hydrogen-bond donors (Lipinski definition) is 2. The van der Waals surface area contributed by atoms with Crippen LogP contribution in [0.1, 0.15) is 35.1 Å². The highest BCUT2D eigenvalue weighted by Crippen LogP contribution is 2.52. The fourth-order valence-corrected chi connectivity index (χ4v) is 6.79. The van der Waals surface area contributed by atoms with Crippen LogP contribution in [0.15, 0.2) is 76.1 Å². The molecule has 0 aromatic heterocycles. The summed E-state index contributed by atoms with van der Waals surface area (Å²) >= 11 is 3.71. The van der Waals surface area contributed by atoms with Crippen molar-refractivity contribution in [1.29, 1.82) is 0 Å². The van der Waals surface area contributed by atoms with E-state index in [1.165, 1.54) is 0 Å². The number of sulfonamides is 1. The van der Waals surface area contributed by atoms with Crippen LogP contribution in [-0.4, -0.2) is 15.2 Å². The molecule has 3 aliphatic rings. The van der Waals surface area contributed by atoms with Crippen molar-refractivity contribution in [2.24, 2.45) is 5.92 Å². The van der Waals surface area contributed by atoms with Crippen molar-refractivity contribution >= 4 is 37.3 Å². The van der Waals surface area contributed by atoms with Crippen molar-refractivity contribution in [2.75, 3.05) is 16.8 Å². The number of nitrogens with one attached hydrogen (secondary N) is 2. The minimum Gasteiger partial charge on any atom is -0.454 e. The van der Waals surface area contributed by atoms with Gasteiger partial charge in [0.2, 0.25) is 6.79 Å². The Kier molecular flexibility index (Phi) is 5.11. The van der Waals surface area contributed by atoms with Crippen LogP contribution in [0.4, 0.5) is 11.4 Å². The van der Waals surface area contributed by atoms with Crippen LogP contribution in [-0.2, 0) is 10.0 Å². The maximum absolute atomic E-state index is 13.1. The molecule has 6 rings (SSSR count). The number of halogens is 1. The molecule has 2 aliphatic heterocycles. The zero-order chi connectivity index (χ0) is 23.4. The molecule has 3 atom stereocenters. The van der Waals surface area contributed by atoms with E-state index in [0.29, 0.717) is 5.69 Å². The van der Waals surface area contributed by atoms with Gasteiger partial charge < -0.3 is 14.8 Å². The lowest BCUT2D eigenvalue weighted by Crippen LogP contribution is -2.29. The minimum atomic E-state index is -3.71. The standard InChI is InChI=1S/C26H23BrN2O4S/c1-15-4-2-5-16(10-15)29-34(30,31)17-8-9-23-20(11-17)18-6-3-7-19(18)26(28-23)21-12-24-25(13-22(21)27)33-14-32-24/h2-6,8-13,18-19,26,28-29H,7,14H2,1H3/t18-,19+,26-/m0/s1. The van der Waals surface area contributed by atoms with Gasteiger partial charge >= 0.3 is 0 Å². The molecule has 0 saturated carbocycles. The Morgan fingerprint density at radius 2 is 1.85 bits per heavy atom. The zero-order valence-corrected chi connectivity index (χ0v) is 20.8. The Hall–Kier alpha value is -2.97. The molecule has 0 fully saturated rings. The van der Waals surface area contributed by atoms with Crippen molar-refractivity contribution in [3.63, 3.8) is 0 Å². The third kappa shape index (κ3) is 3.65. The van der Waals surface area contributed by atoms with E-state index in [1.807, 2.05) is 43.3 Å². The molecule has 0 amide bonds. The number of anilines is 2. The van der Waals surface area contributed by atoms with E-state index >= 15 is 0 Å². The van der Waals surface area contributed by atoms with Crippen LogP contribution in [0, 0.1) is 12.8 Å². The fraction of sp³-hybridized carbons (Fsp3) is 0.231. The van der Waals surface area contributed by atoms with Gasteiger partial charge in [0.05, 0.1) is 10.9 Å². The molecule has 3 aromatic carbocycles. The van der Waals surface area contributed by atoms with E-state index in [2.05, 4.69) is 38.1 Å². The second kappa shape index (κ2) is 8.06. The fourth-order valence-electron chi connectivity index (χ4n) is 5.14. The Labute approximate surface area is 207 Å². The van der Waals surface area contributed by atoms with Gasteiger partial charge in [0, 0.05) is 21.8 Å². The first-order valence-corrected chi connectivity index (χ1v) is 13.4. The van der Waals surface area contributed by atoms with E-state index in [4.69, 9.17) is 9.47 Å². The number of allylic oxidation sites excluding steroid dienone is 2. The van der Waals surface area contributed by atoms with Crippen LogP contribution in [0.5, 0.6) is 11.5 Å². The second-order valence-electron chi connectivity index (χ2n) is 8.93. The second-order valence-corrected chi connectivity index (χ2v) is 11.5. The normalized spacial score (nSPS) is 22.1. The molecule has 0 spiro atoms. The summed E-state index contributed by atoms with van der Waals surface area (Å²) in [7, 11) is -3.71. The van der Waals surface area contributed by atoms with Gasteiger partial charge in [-0.05, 0) is 78.4 Å². The molecule has 34 heavy (non-hydrogen) atoms. The minimum absolute atomic E-state index is 0.0456. The van der Waals surface area contributed by atoms with Gasteiger partial charge in [-0.2, -0.15) is 0 Å². The molecule has 6 nitrogen and oxygen atoms in total. The van der Waals surface area contributed by atoms with Crippen LogP contribution in [0.2, 0.25) is 0 Å². The van der Waals surface area contributed by atoms with Crippen molar-refractivity contribution in [1.82, 2.24) is 0 Å². The van der Waals surface area contributed by atoms with Crippen molar-refractivity contribution in [3.05, 3.63) is 87.9 Å². The molecule has 0 saturated heterocycles. The lowest BCUT2D eigenvalue weighted by molar-refractivity contribution is 0.174. The predicted molar refractivity (Wildman–Crippen MR) is 135 cm³/mol. The number of fused-ring (bicyclic) bond motifs is 4. The molecule has 0 radical (unpaired) electrons. The van der Waals surface area contributed by atoms with Crippen LogP contribution in [0.3, 0.4) is 0 Å². The lowest BCUT2D eigenvalue weighted by atomic mass is 9.77. The van der Waals surface area contributed by atoms with Gasteiger partial charge in [-0.25, -0.2) is 8.42 Å². The molecule has 174 valence electrons. The average Bonchev–Trinajstić information content (AvgIpc) is 3.47. The largest absolute Gasteiger partial charge is 0.454 e. The molecular formula is C26H23BrN2O4S. The number of rotatable bonds is 4. The summed E-state index contributed by atoms with van der Waals surface area (Å²) in [6, 6.07) is 16.7. The van der Waals surface area contributed by atoms with Crippen LogP contribution < -0.4 is 19.5 Å². The smallest absolute Gasteiger partial charge is 0.261 e. The SMILES string of the molecule is Cc1cccc(NS(=O)(=O)c2ccc3c(c2)[C@H]2C=CC[C@H]2[C@@H](c2cc4c(cc2Br)OCO4)N3)c1. The maximum atomic E-state index is 13.1. The van der Waals surface area contributed by atoms with Crippen molar-refractivity contribution in [2.45, 2.75) is 30.2 Å². The van der Waals surface area contributed by atoms with E-state index in [9.17, 15) is 8.42 Å². The highest BCUT2D eigenvalue weighted by molar-refractivity contribution is 9.10. The van der Waals surface area contributed by atoms with Gasteiger partial charge in [0.1, 0.15) is 0 Å². The van der Waals surface area contributed by atoms with Crippen molar-refractivity contribution < 1.29 is 17.9 Å². The summed E-state index contributed by atoms with van der Waals surface area (Å²) in [5.74, 6) is 1.86. The molecule has 3 aromatic rings. The Morgan fingerprint density at radius 1 is 1.03 bits per heavy atom. The number of benzene rings is 3. The van der Waals surface area contributed by atoms with Crippen LogP contribution in [0.25, 0.3) is 0 Å². The topological polar surface area (TPSA) is 76.7 Å². The van der Waals surface area contributed by atoms with E-state index in [0.717, 1.165) is 44.8 Å². The Morgan fingerprint density at radius 3 is 2.68 bits per heavy atom. The van der Waals surface area contributed by atoms with Crippen LogP contribution >= 0.6 is 15.9 Å². The highest BCUT2D eigenvalue weighted by atomic mass is 79.9. The Bertz CT molecular complexity index is 1440. The quantitative estimate of drug-likeness (QED) is 0.391. The monoisotopic (exact) mass is 538 g/mol. The molecule has 0 bridgehead atoms. The number of ether oxygens (including phenoxy) is 2. The third-order valence-corrected chi connectivity index (χ3v) is 8.81. The van der Waals surface area contributed by atoms with Gasteiger partial charge in [-0.15, -0.1) is 0 Å². The van der Waals surface area contributed by atoms with E-state index in [1.54, 1.807) is 18.2 Å². The average molecular weight is 539 g/mol. The first-order chi connectivity index (χ1) is 16.4. The molecule has 8 heteroatoms. The summed E-state index contributed by atoms with van der Waals surface area (Å²) in [4.78, 5) is 0.260. The summed E-state index contributed by atoms with van der Waals surface area (Å²) < 4.78 is 41.1. The van der Waals surface area contributed by atoms with E-state index < -0.39 is 10.0 Å². The molecule has 0 unspecified atom stereocenters. The summed E-state index contributed by atoms with van der Waals surface area (Å²) in [5.41, 5.74) is 4.60. The summed E-state index contributed by atoms with van der Waals surface area (Å²) in [6.45, 7) is 2.16. The zero-order valence-electron chi connectivity index (χ0n) is 18.4.